The van der Waals surface area contributed by atoms with E-state index in [1.54, 1.807) is 0 Å². The van der Waals surface area contributed by atoms with Crippen LogP contribution >= 0.6 is 0 Å². The van der Waals surface area contributed by atoms with Gasteiger partial charge in [0.2, 0.25) is 10.0 Å². The van der Waals surface area contributed by atoms with Crippen molar-refractivity contribution < 1.29 is 32.2 Å². The number of benzene rings is 1. The third-order valence-corrected chi connectivity index (χ3v) is 3.12. The van der Waals surface area contributed by atoms with Gasteiger partial charge in [-0.1, -0.05) is 0 Å². The Hall–Kier alpha value is -2.20. The predicted octanol–water partition coefficient (Wildman–Crippen LogP) is 0.0266. The summed E-state index contributed by atoms with van der Waals surface area (Å²) in [6.07, 6.45) is -0.396. The zero-order valence-electron chi connectivity index (χ0n) is 11.8. The third-order valence-electron chi connectivity index (χ3n) is 2.53. The molecule has 1 unspecified atom stereocenters. The standard InChI is InChI=1S/C12H15FN2O6S/c1-21-10(12(17)18)6-14-11(16)8-5-7(13)3-4-9(8)15-22(2,19)20/h3-5,10,15H,6H2,1-2H3,(H,14,16)(H,17,18). The highest BCUT2D eigenvalue weighted by Gasteiger charge is 2.20. The van der Waals surface area contributed by atoms with E-state index in [2.05, 4.69) is 14.8 Å². The van der Waals surface area contributed by atoms with Crippen molar-refractivity contribution in [2.24, 2.45) is 0 Å². The van der Waals surface area contributed by atoms with Crippen LogP contribution < -0.4 is 10.0 Å². The van der Waals surface area contributed by atoms with Crippen LogP contribution in [0.5, 0.6) is 0 Å². The monoisotopic (exact) mass is 334 g/mol. The molecule has 0 radical (unpaired) electrons. The Morgan fingerprint density at radius 3 is 2.55 bits per heavy atom. The van der Waals surface area contributed by atoms with Crippen molar-refractivity contribution >= 4 is 27.6 Å². The third kappa shape index (κ3) is 5.30. The number of halogens is 1. The second-order valence-electron chi connectivity index (χ2n) is 4.34. The number of carboxylic acids is 1. The fraction of sp³-hybridized carbons (Fsp3) is 0.333. The van der Waals surface area contributed by atoms with Crippen molar-refractivity contribution in [2.75, 3.05) is 24.6 Å². The largest absolute Gasteiger partial charge is 0.479 e. The maximum Gasteiger partial charge on any atom is 0.334 e. The van der Waals surface area contributed by atoms with E-state index >= 15 is 0 Å². The second-order valence-corrected chi connectivity index (χ2v) is 6.09. The summed E-state index contributed by atoms with van der Waals surface area (Å²) in [5, 5.41) is 11.0. The fourth-order valence-electron chi connectivity index (χ4n) is 1.55. The molecule has 1 aromatic rings. The molecule has 0 bridgehead atoms. The van der Waals surface area contributed by atoms with Gasteiger partial charge < -0.3 is 15.2 Å². The van der Waals surface area contributed by atoms with Crippen LogP contribution in [0.1, 0.15) is 10.4 Å². The number of amides is 1. The van der Waals surface area contributed by atoms with Gasteiger partial charge in [-0.3, -0.25) is 9.52 Å². The van der Waals surface area contributed by atoms with Gasteiger partial charge in [0.15, 0.2) is 6.10 Å². The molecule has 122 valence electrons. The van der Waals surface area contributed by atoms with E-state index in [9.17, 15) is 22.4 Å². The minimum atomic E-state index is -3.67. The lowest BCUT2D eigenvalue weighted by Crippen LogP contribution is -2.38. The molecule has 0 aliphatic heterocycles. The molecule has 0 heterocycles. The van der Waals surface area contributed by atoms with Gasteiger partial charge in [0.1, 0.15) is 5.82 Å². The molecule has 1 rings (SSSR count). The van der Waals surface area contributed by atoms with Crippen LogP contribution in [0.4, 0.5) is 10.1 Å². The first kappa shape index (κ1) is 17.9. The highest BCUT2D eigenvalue weighted by molar-refractivity contribution is 7.92. The molecule has 3 N–H and O–H groups in total. The predicted molar refractivity (Wildman–Crippen MR) is 75.6 cm³/mol. The molecular weight excluding hydrogens is 319 g/mol. The molecule has 22 heavy (non-hydrogen) atoms. The molecule has 0 spiro atoms. The van der Waals surface area contributed by atoms with Crippen LogP contribution in [0.3, 0.4) is 0 Å². The Balaban J connectivity index is 2.96. The van der Waals surface area contributed by atoms with Gasteiger partial charge in [-0.25, -0.2) is 17.6 Å². The lowest BCUT2D eigenvalue weighted by molar-refractivity contribution is -0.148. The minimum Gasteiger partial charge on any atom is -0.479 e. The van der Waals surface area contributed by atoms with Gasteiger partial charge in [0.25, 0.3) is 5.91 Å². The molecule has 0 saturated heterocycles. The van der Waals surface area contributed by atoms with Gasteiger partial charge in [-0.2, -0.15) is 0 Å². The highest BCUT2D eigenvalue weighted by Crippen LogP contribution is 2.18. The second kappa shape index (κ2) is 7.18. The van der Waals surface area contributed by atoms with Crippen molar-refractivity contribution in [3.63, 3.8) is 0 Å². The van der Waals surface area contributed by atoms with Gasteiger partial charge in [0, 0.05) is 7.11 Å². The topological polar surface area (TPSA) is 122 Å². The van der Waals surface area contributed by atoms with E-state index in [0.717, 1.165) is 31.6 Å². The summed E-state index contributed by atoms with van der Waals surface area (Å²) in [7, 11) is -2.51. The van der Waals surface area contributed by atoms with Crippen molar-refractivity contribution in [2.45, 2.75) is 6.10 Å². The van der Waals surface area contributed by atoms with Gasteiger partial charge in [0.05, 0.1) is 24.1 Å². The van der Waals surface area contributed by atoms with E-state index in [4.69, 9.17) is 5.11 Å². The zero-order chi connectivity index (χ0) is 16.9. The molecule has 0 saturated carbocycles. The summed E-state index contributed by atoms with van der Waals surface area (Å²) in [6, 6.07) is 2.92. The highest BCUT2D eigenvalue weighted by atomic mass is 32.2. The van der Waals surface area contributed by atoms with Crippen LogP contribution in [-0.4, -0.2) is 51.4 Å². The molecule has 0 aliphatic rings. The fourth-order valence-corrected chi connectivity index (χ4v) is 2.12. The lowest BCUT2D eigenvalue weighted by atomic mass is 10.1. The maximum absolute atomic E-state index is 13.3. The number of hydrogen-bond acceptors (Lipinski definition) is 5. The first-order chi connectivity index (χ1) is 10.1. The lowest BCUT2D eigenvalue weighted by Gasteiger charge is -2.14. The number of carbonyl (C=O) groups excluding carboxylic acids is 1. The Morgan fingerprint density at radius 1 is 1.41 bits per heavy atom. The van der Waals surface area contributed by atoms with Crippen molar-refractivity contribution in [3.8, 4) is 0 Å². The molecule has 0 fully saturated rings. The Bertz CT molecular complexity index is 676. The van der Waals surface area contributed by atoms with Gasteiger partial charge in [-0.15, -0.1) is 0 Å². The SMILES string of the molecule is COC(CNC(=O)c1cc(F)ccc1NS(C)(=O)=O)C(=O)O. The van der Waals surface area contributed by atoms with Gasteiger partial charge in [-0.05, 0) is 18.2 Å². The molecule has 0 aliphatic carbocycles. The van der Waals surface area contributed by atoms with Crippen molar-refractivity contribution in [1.29, 1.82) is 0 Å². The first-order valence-corrected chi connectivity index (χ1v) is 7.84. The van der Waals surface area contributed by atoms with Crippen LogP contribution in [-0.2, 0) is 19.6 Å². The summed E-state index contributed by atoms with van der Waals surface area (Å²) >= 11 is 0. The molecule has 1 amide bonds. The summed E-state index contributed by atoms with van der Waals surface area (Å²) in [5.74, 6) is -2.86. The number of anilines is 1. The summed E-state index contributed by atoms with van der Waals surface area (Å²) in [6.45, 7) is -0.362. The Labute approximate surface area is 126 Å². The normalized spacial score (nSPS) is 12.5. The number of nitrogens with one attached hydrogen (secondary N) is 2. The van der Waals surface area contributed by atoms with Crippen molar-refractivity contribution in [1.82, 2.24) is 5.32 Å². The van der Waals surface area contributed by atoms with E-state index in [0.29, 0.717) is 0 Å². The van der Waals surface area contributed by atoms with Crippen LogP contribution in [0.2, 0.25) is 0 Å². The van der Waals surface area contributed by atoms with Crippen LogP contribution in [0.15, 0.2) is 18.2 Å². The van der Waals surface area contributed by atoms with E-state index in [1.807, 2.05) is 0 Å². The van der Waals surface area contributed by atoms with Crippen LogP contribution in [0.25, 0.3) is 0 Å². The summed E-state index contributed by atoms with van der Waals surface area (Å²) in [5.41, 5.74) is -0.392. The number of sulfonamides is 1. The zero-order valence-corrected chi connectivity index (χ0v) is 12.6. The number of hydrogen-bond donors (Lipinski definition) is 3. The van der Waals surface area contributed by atoms with Gasteiger partial charge >= 0.3 is 5.97 Å². The molecule has 8 nitrogen and oxygen atoms in total. The average Bonchev–Trinajstić information content (AvgIpc) is 2.39. The molecule has 1 atom stereocenters. The number of methoxy groups -OCH3 is 1. The van der Waals surface area contributed by atoms with Crippen molar-refractivity contribution in [3.05, 3.63) is 29.6 Å². The number of aliphatic carboxylic acids is 1. The average molecular weight is 334 g/mol. The number of carboxylic acid groups (broad SMARTS) is 1. The van der Waals surface area contributed by atoms with E-state index < -0.39 is 33.8 Å². The molecule has 0 aromatic heterocycles. The van der Waals surface area contributed by atoms with E-state index in [1.165, 1.54) is 0 Å². The quantitative estimate of drug-likeness (QED) is 0.646. The number of ether oxygens (including phenoxy) is 1. The minimum absolute atomic E-state index is 0.120. The number of carbonyl (C=O) groups is 2. The Morgan fingerprint density at radius 2 is 2.05 bits per heavy atom. The molecular formula is C12H15FN2O6S. The smallest absolute Gasteiger partial charge is 0.334 e. The molecule has 1 aromatic carbocycles. The summed E-state index contributed by atoms with van der Waals surface area (Å²) < 4.78 is 42.4. The number of rotatable bonds is 7. The first-order valence-electron chi connectivity index (χ1n) is 5.95. The Kier molecular flexibility index (Phi) is 5.83. The summed E-state index contributed by atoms with van der Waals surface area (Å²) in [4.78, 5) is 22.7. The maximum atomic E-state index is 13.3. The van der Waals surface area contributed by atoms with Crippen LogP contribution in [0, 0.1) is 5.82 Å². The van der Waals surface area contributed by atoms with E-state index in [-0.39, 0.29) is 17.8 Å². The molecule has 10 heteroatoms.